The van der Waals surface area contributed by atoms with Crippen LogP contribution in [0.1, 0.15) is 5.56 Å². The van der Waals surface area contributed by atoms with Gasteiger partial charge >= 0.3 is 12.1 Å². The molecule has 0 saturated carbocycles. The Labute approximate surface area is 104 Å². The summed E-state index contributed by atoms with van der Waals surface area (Å²) in [5, 5.41) is 2.13. The molecular formula is C12H14FNO4. The first-order valence-electron chi connectivity index (χ1n) is 5.30. The van der Waals surface area contributed by atoms with Crippen LogP contribution in [0.25, 0.3) is 0 Å². The molecule has 0 fully saturated rings. The molecule has 98 valence electrons. The van der Waals surface area contributed by atoms with Crippen molar-refractivity contribution in [2.75, 3.05) is 13.7 Å². The number of alkyl halides is 1. The van der Waals surface area contributed by atoms with Crippen molar-refractivity contribution in [1.82, 2.24) is 5.32 Å². The Bertz CT molecular complexity index is 396. The van der Waals surface area contributed by atoms with E-state index in [0.29, 0.717) is 0 Å². The van der Waals surface area contributed by atoms with E-state index in [1.807, 2.05) is 18.2 Å². The Morgan fingerprint density at radius 3 is 2.61 bits per heavy atom. The second kappa shape index (κ2) is 7.26. The number of carbonyl (C=O) groups excluding carboxylic acids is 2. The third kappa shape index (κ3) is 4.82. The van der Waals surface area contributed by atoms with Crippen LogP contribution in [-0.4, -0.2) is 31.9 Å². The van der Waals surface area contributed by atoms with Gasteiger partial charge in [-0.3, -0.25) is 0 Å². The molecule has 1 amide bonds. The van der Waals surface area contributed by atoms with Gasteiger partial charge in [0.25, 0.3) is 0 Å². The molecule has 0 aliphatic rings. The third-order valence-electron chi connectivity index (χ3n) is 2.10. The second-order valence-corrected chi connectivity index (χ2v) is 3.43. The summed E-state index contributed by atoms with van der Waals surface area (Å²) in [6.45, 7) is -0.387. The maximum Gasteiger partial charge on any atom is 0.407 e. The van der Waals surface area contributed by atoms with E-state index in [-0.39, 0.29) is 6.61 Å². The molecule has 0 bridgehead atoms. The molecule has 0 aliphatic heterocycles. The summed E-state index contributed by atoms with van der Waals surface area (Å²) in [6, 6.07) is 9.05. The van der Waals surface area contributed by atoms with Gasteiger partial charge in [0.05, 0.1) is 13.7 Å². The van der Waals surface area contributed by atoms with Crippen LogP contribution in [0.2, 0.25) is 0 Å². The number of ether oxygens (including phenoxy) is 2. The molecule has 1 aromatic carbocycles. The Kier molecular flexibility index (Phi) is 5.63. The Hall–Kier alpha value is -2.11. The molecule has 0 spiro atoms. The van der Waals surface area contributed by atoms with Gasteiger partial charge in [-0.25, -0.2) is 14.0 Å². The van der Waals surface area contributed by atoms with Crippen molar-refractivity contribution < 1.29 is 23.5 Å². The number of carbonyl (C=O) groups is 2. The monoisotopic (exact) mass is 255 g/mol. The average molecular weight is 255 g/mol. The molecule has 0 heterocycles. The summed E-state index contributed by atoms with van der Waals surface area (Å²) in [5.41, 5.74) is 0.817. The van der Waals surface area contributed by atoms with Gasteiger partial charge in [-0.05, 0) is 5.56 Å². The number of hydrogen-bond acceptors (Lipinski definition) is 4. The van der Waals surface area contributed by atoms with Crippen molar-refractivity contribution in [2.24, 2.45) is 0 Å². The Balaban J connectivity index is 2.24. The van der Waals surface area contributed by atoms with Crippen LogP contribution < -0.4 is 5.32 Å². The van der Waals surface area contributed by atoms with Crippen LogP contribution in [0.3, 0.4) is 0 Å². The number of amides is 1. The van der Waals surface area contributed by atoms with Gasteiger partial charge in [0.15, 0.2) is 0 Å². The van der Waals surface area contributed by atoms with E-state index in [1.165, 1.54) is 0 Å². The summed E-state index contributed by atoms with van der Waals surface area (Å²) >= 11 is 0. The van der Waals surface area contributed by atoms with Gasteiger partial charge in [0, 0.05) is 0 Å². The fourth-order valence-electron chi connectivity index (χ4n) is 1.16. The van der Waals surface area contributed by atoms with Crippen LogP contribution >= 0.6 is 0 Å². The van der Waals surface area contributed by atoms with Gasteiger partial charge in [0.2, 0.25) is 6.17 Å². The minimum atomic E-state index is -1.89. The number of methoxy groups -OCH3 is 1. The number of hydrogen-bond donors (Lipinski definition) is 1. The summed E-state index contributed by atoms with van der Waals surface area (Å²) < 4.78 is 22.0. The first-order valence-corrected chi connectivity index (χ1v) is 5.30. The van der Waals surface area contributed by atoms with Gasteiger partial charge in [0.1, 0.15) is 6.61 Å². The summed E-state index contributed by atoms with van der Waals surface area (Å²) in [6.07, 6.45) is -2.68. The van der Waals surface area contributed by atoms with Crippen LogP contribution in [0.4, 0.5) is 9.18 Å². The molecule has 0 aromatic heterocycles. The van der Waals surface area contributed by atoms with Crippen molar-refractivity contribution >= 4 is 12.1 Å². The maximum atomic E-state index is 13.0. The smallest absolute Gasteiger partial charge is 0.407 e. The zero-order valence-electron chi connectivity index (χ0n) is 9.89. The molecule has 0 saturated heterocycles. The van der Waals surface area contributed by atoms with E-state index in [4.69, 9.17) is 4.74 Å². The lowest BCUT2D eigenvalue weighted by Gasteiger charge is -2.08. The highest BCUT2D eigenvalue weighted by atomic mass is 19.1. The predicted octanol–water partition coefficient (Wildman–Crippen LogP) is 1.42. The number of alkyl carbamates (subject to hydrolysis) is 1. The largest absolute Gasteiger partial charge is 0.467 e. The fourth-order valence-corrected chi connectivity index (χ4v) is 1.16. The predicted molar refractivity (Wildman–Crippen MR) is 61.5 cm³/mol. The van der Waals surface area contributed by atoms with Gasteiger partial charge < -0.3 is 14.8 Å². The Morgan fingerprint density at radius 1 is 1.33 bits per heavy atom. The zero-order valence-corrected chi connectivity index (χ0v) is 9.89. The first kappa shape index (κ1) is 14.0. The molecule has 0 aliphatic carbocycles. The number of benzene rings is 1. The molecule has 6 heteroatoms. The van der Waals surface area contributed by atoms with Crippen LogP contribution in [0.5, 0.6) is 0 Å². The quantitative estimate of drug-likeness (QED) is 0.808. The highest BCUT2D eigenvalue weighted by Crippen LogP contribution is 2.00. The van der Waals surface area contributed by atoms with Crippen LogP contribution in [0.15, 0.2) is 30.3 Å². The molecule has 1 aromatic rings. The first-order chi connectivity index (χ1) is 8.63. The van der Waals surface area contributed by atoms with Crippen LogP contribution in [-0.2, 0) is 20.9 Å². The van der Waals surface area contributed by atoms with Gasteiger partial charge in [-0.1, -0.05) is 30.3 Å². The van der Waals surface area contributed by atoms with E-state index in [2.05, 4.69) is 10.1 Å². The van der Waals surface area contributed by atoms with Crippen molar-refractivity contribution in [3.05, 3.63) is 35.9 Å². The number of esters is 1. The number of nitrogens with one attached hydrogen (secondary N) is 1. The lowest BCUT2D eigenvalue weighted by molar-refractivity contribution is -0.146. The van der Waals surface area contributed by atoms with Crippen molar-refractivity contribution in [1.29, 1.82) is 0 Å². The summed E-state index contributed by atoms with van der Waals surface area (Å²) in [4.78, 5) is 21.9. The zero-order chi connectivity index (χ0) is 13.4. The molecule has 0 unspecified atom stereocenters. The SMILES string of the molecule is COC(=O)[C@@H](F)CNC(=O)OCc1ccccc1. The number of rotatable bonds is 5. The fraction of sp³-hybridized carbons (Fsp3) is 0.333. The molecule has 1 rings (SSSR count). The molecule has 1 N–H and O–H groups in total. The molecular weight excluding hydrogens is 241 g/mol. The van der Waals surface area contributed by atoms with E-state index >= 15 is 0 Å². The minimum Gasteiger partial charge on any atom is -0.467 e. The van der Waals surface area contributed by atoms with Crippen molar-refractivity contribution in [2.45, 2.75) is 12.8 Å². The van der Waals surface area contributed by atoms with E-state index in [1.54, 1.807) is 12.1 Å². The summed E-state index contributed by atoms with van der Waals surface area (Å²) in [7, 11) is 1.07. The van der Waals surface area contributed by atoms with Crippen molar-refractivity contribution in [3.63, 3.8) is 0 Å². The van der Waals surface area contributed by atoms with E-state index < -0.39 is 24.8 Å². The summed E-state index contributed by atoms with van der Waals surface area (Å²) in [5.74, 6) is -1.03. The molecule has 5 nitrogen and oxygen atoms in total. The Morgan fingerprint density at radius 2 is 2.00 bits per heavy atom. The van der Waals surface area contributed by atoms with E-state index in [9.17, 15) is 14.0 Å². The van der Waals surface area contributed by atoms with E-state index in [0.717, 1.165) is 12.7 Å². The maximum absolute atomic E-state index is 13.0. The highest BCUT2D eigenvalue weighted by molar-refractivity contribution is 5.76. The van der Waals surface area contributed by atoms with Crippen molar-refractivity contribution in [3.8, 4) is 0 Å². The lowest BCUT2D eigenvalue weighted by atomic mass is 10.2. The lowest BCUT2D eigenvalue weighted by Crippen LogP contribution is -2.35. The third-order valence-corrected chi connectivity index (χ3v) is 2.10. The van der Waals surface area contributed by atoms with Crippen LogP contribution in [0, 0.1) is 0 Å². The molecule has 1 atom stereocenters. The highest BCUT2D eigenvalue weighted by Gasteiger charge is 2.18. The second-order valence-electron chi connectivity index (χ2n) is 3.43. The average Bonchev–Trinajstić information content (AvgIpc) is 2.42. The molecule has 0 radical (unpaired) electrons. The minimum absolute atomic E-state index is 0.0852. The van der Waals surface area contributed by atoms with Gasteiger partial charge in [-0.15, -0.1) is 0 Å². The topological polar surface area (TPSA) is 64.6 Å². The van der Waals surface area contributed by atoms with Gasteiger partial charge in [-0.2, -0.15) is 0 Å². The normalized spacial score (nSPS) is 11.4. The molecule has 18 heavy (non-hydrogen) atoms. The standard InChI is InChI=1S/C12H14FNO4/c1-17-11(15)10(13)7-14-12(16)18-8-9-5-3-2-4-6-9/h2-6,10H,7-8H2,1H3,(H,14,16)/t10-/m0/s1. The number of halogens is 1.